The Kier molecular flexibility index (Phi) is 3.73. The molecule has 1 heterocycles. The highest BCUT2D eigenvalue weighted by atomic mass is 32.1. The van der Waals surface area contributed by atoms with Crippen molar-refractivity contribution < 1.29 is 9.53 Å². The average Bonchev–Trinajstić information content (AvgIpc) is 2.90. The molecule has 0 unspecified atom stereocenters. The largest absolute Gasteiger partial charge is 0.497 e. The van der Waals surface area contributed by atoms with E-state index in [-0.39, 0.29) is 5.78 Å². The summed E-state index contributed by atoms with van der Waals surface area (Å²) in [4.78, 5) is 12.5. The third kappa shape index (κ3) is 3.04. The van der Waals surface area contributed by atoms with Gasteiger partial charge in [0.1, 0.15) is 5.75 Å². The van der Waals surface area contributed by atoms with Crippen molar-refractivity contribution in [1.29, 1.82) is 0 Å². The topological polar surface area (TPSA) is 26.3 Å². The van der Waals surface area contributed by atoms with Gasteiger partial charge in [-0.25, -0.2) is 0 Å². The minimum absolute atomic E-state index is 0.0304. The molecular formula is C14H12O2S. The third-order valence-electron chi connectivity index (χ3n) is 2.28. The monoisotopic (exact) mass is 244 g/mol. The molecule has 0 aliphatic heterocycles. The van der Waals surface area contributed by atoms with Gasteiger partial charge in [-0.2, -0.15) is 0 Å². The second-order valence-corrected chi connectivity index (χ2v) is 4.40. The lowest BCUT2D eigenvalue weighted by molar-refractivity contribution is 0.105. The summed E-state index contributed by atoms with van der Waals surface area (Å²) in [6, 6.07) is 11.3. The smallest absolute Gasteiger partial charge is 0.195 e. The predicted octanol–water partition coefficient (Wildman–Crippen LogP) is 3.65. The minimum atomic E-state index is 0.0304. The Morgan fingerprint density at radius 2 is 2.18 bits per heavy atom. The van der Waals surface area contributed by atoms with Crippen LogP contribution in [0.25, 0.3) is 6.08 Å². The Morgan fingerprint density at radius 1 is 1.29 bits per heavy atom. The maximum absolute atomic E-state index is 11.7. The molecule has 0 spiro atoms. The van der Waals surface area contributed by atoms with E-state index in [1.165, 1.54) is 11.3 Å². The number of hydrogen-bond donors (Lipinski definition) is 0. The Morgan fingerprint density at radius 3 is 2.88 bits per heavy atom. The van der Waals surface area contributed by atoms with E-state index in [2.05, 4.69) is 0 Å². The molecule has 0 N–H and O–H groups in total. The normalized spacial score (nSPS) is 10.6. The van der Waals surface area contributed by atoms with Crippen LogP contribution in [0.2, 0.25) is 0 Å². The molecule has 0 fully saturated rings. The lowest BCUT2D eigenvalue weighted by Gasteiger charge is -1.99. The van der Waals surface area contributed by atoms with Gasteiger partial charge in [0.2, 0.25) is 0 Å². The van der Waals surface area contributed by atoms with Crippen molar-refractivity contribution in [2.75, 3.05) is 7.11 Å². The van der Waals surface area contributed by atoms with Crippen molar-refractivity contribution >= 4 is 23.2 Å². The maximum atomic E-state index is 11.7. The molecule has 0 bridgehead atoms. The van der Waals surface area contributed by atoms with E-state index in [4.69, 9.17) is 4.74 Å². The first-order valence-corrected chi connectivity index (χ1v) is 6.07. The summed E-state index contributed by atoms with van der Waals surface area (Å²) in [6.07, 6.45) is 3.38. The summed E-state index contributed by atoms with van der Waals surface area (Å²) in [6.45, 7) is 0. The van der Waals surface area contributed by atoms with E-state index in [1.807, 2.05) is 41.8 Å². The zero-order valence-electron chi connectivity index (χ0n) is 9.42. The number of ketones is 1. The Labute approximate surface area is 104 Å². The zero-order chi connectivity index (χ0) is 12.1. The van der Waals surface area contributed by atoms with Crippen molar-refractivity contribution in [2.24, 2.45) is 0 Å². The number of methoxy groups -OCH3 is 1. The van der Waals surface area contributed by atoms with Gasteiger partial charge in [0.15, 0.2) is 5.78 Å². The fourth-order valence-electron chi connectivity index (χ4n) is 1.42. The summed E-state index contributed by atoms with van der Waals surface area (Å²) in [5.74, 6) is 0.818. The van der Waals surface area contributed by atoms with Gasteiger partial charge in [0, 0.05) is 0 Å². The van der Waals surface area contributed by atoms with Crippen LogP contribution in [-0.4, -0.2) is 12.9 Å². The van der Waals surface area contributed by atoms with E-state index in [0.717, 1.165) is 16.2 Å². The number of thiophene rings is 1. The molecule has 3 heteroatoms. The summed E-state index contributed by atoms with van der Waals surface area (Å²) >= 11 is 1.45. The SMILES string of the molecule is COc1cccc(/C=C/C(=O)c2cccs2)c1. The van der Waals surface area contributed by atoms with Crippen LogP contribution in [0.3, 0.4) is 0 Å². The van der Waals surface area contributed by atoms with Crippen LogP contribution in [0.5, 0.6) is 5.75 Å². The predicted molar refractivity (Wildman–Crippen MR) is 70.7 cm³/mol. The first kappa shape index (κ1) is 11.6. The number of ether oxygens (including phenoxy) is 1. The fraction of sp³-hybridized carbons (Fsp3) is 0.0714. The summed E-state index contributed by atoms with van der Waals surface area (Å²) < 4.78 is 5.12. The zero-order valence-corrected chi connectivity index (χ0v) is 10.2. The lowest BCUT2D eigenvalue weighted by Crippen LogP contribution is -1.89. The third-order valence-corrected chi connectivity index (χ3v) is 3.17. The molecule has 2 nitrogen and oxygen atoms in total. The van der Waals surface area contributed by atoms with Gasteiger partial charge in [-0.3, -0.25) is 4.79 Å². The second-order valence-electron chi connectivity index (χ2n) is 3.45. The highest BCUT2D eigenvalue weighted by Crippen LogP contribution is 2.15. The molecule has 0 saturated heterocycles. The number of rotatable bonds is 4. The molecule has 0 saturated carbocycles. The van der Waals surface area contributed by atoms with Crippen molar-refractivity contribution in [3.63, 3.8) is 0 Å². The van der Waals surface area contributed by atoms with Crippen molar-refractivity contribution in [3.8, 4) is 5.75 Å². The van der Waals surface area contributed by atoms with Crippen LogP contribution in [0, 0.1) is 0 Å². The molecule has 0 radical (unpaired) electrons. The molecule has 17 heavy (non-hydrogen) atoms. The summed E-state index contributed by atoms with van der Waals surface area (Å²) in [7, 11) is 1.62. The van der Waals surface area contributed by atoms with Gasteiger partial charge in [-0.05, 0) is 35.2 Å². The summed E-state index contributed by atoms with van der Waals surface area (Å²) in [5.41, 5.74) is 0.953. The molecule has 86 valence electrons. The van der Waals surface area contributed by atoms with Crippen molar-refractivity contribution in [3.05, 3.63) is 58.3 Å². The highest BCUT2D eigenvalue weighted by Gasteiger charge is 2.01. The molecule has 0 amide bonds. The molecular weight excluding hydrogens is 232 g/mol. The molecule has 1 aromatic heterocycles. The minimum Gasteiger partial charge on any atom is -0.497 e. The molecule has 2 rings (SSSR count). The van der Waals surface area contributed by atoms with Gasteiger partial charge in [0.05, 0.1) is 12.0 Å². The Hall–Kier alpha value is -1.87. The van der Waals surface area contributed by atoms with Gasteiger partial charge < -0.3 is 4.74 Å². The first-order valence-electron chi connectivity index (χ1n) is 5.19. The van der Waals surface area contributed by atoms with Crippen LogP contribution in [0.1, 0.15) is 15.2 Å². The van der Waals surface area contributed by atoms with Gasteiger partial charge in [-0.15, -0.1) is 11.3 Å². The van der Waals surface area contributed by atoms with Crippen LogP contribution in [-0.2, 0) is 0 Å². The Bertz CT molecular complexity index is 527. The average molecular weight is 244 g/mol. The van der Waals surface area contributed by atoms with Crippen LogP contribution in [0.4, 0.5) is 0 Å². The molecule has 0 aliphatic carbocycles. The van der Waals surface area contributed by atoms with Crippen molar-refractivity contribution in [2.45, 2.75) is 0 Å². The maximum Gasteiger partial charge on any atom is 0.195 e. The standard InChI is InChI=1S/C14H12O2S/c1-16-12-5-2-4-11(10-12)7-8-13(15)14-6-3-9-17-14/h2-10H,1H3/b8-7+. The number of benzene rings is 1. The van der Waals surface area contributed by atoms with Gasteiger partial charge in [0.25, 0.3) is 0 Å². The van der Waals surface area contributed by atoms with Crippen LogP contribution >= 0.6 is 11.3 Å². The van der Waals surface area contributed by atoms with E-state index in [1.54, 1.807) is 19.3 Å². The quantitative estimate of drug-likeness (QED) is 0.606. The van der Waals surface area contributed by atoms with Gasteiger partial charge >= 0.3 is 0 Å². The van der Waals surface area contributed by atoms with E-state index >= 15 is 0 Å². The molecule has 0 atom stereocenters. The summed E-state index contributed by atoms with van der Waals surface area (Å²) in [5, 5.41) is 1.90. The number of carbonyl (C=O) groups is 1. The highest BCUT2D eigenvalue weighted by molar-refractivity contribution is 7.12. The molecule has 0 aliphatic rings. The Balaban J connectivity index is 2.12. The first-order chi connectivity index (χ1) is 8.29. The molecule has 1 aromatic carbocycles. The number of hydrogen-bond acceptors (Lipinski definition) is 3. The van der Waals surface area contributed by atoms with E-state index in [9.17, 15) is 4.79 Å². The lowest BCUT2D eigenvalue weighted by atomic mass is 10.2. The molecule has 2 aromatic rings. The number of carbonyl (C=O) groups excluding carboxylic acids is 1. The van der Waals surface area contributed by atoms with E-state index < -0.39 is 0 Å². The number of allylic oxidation sites excluding steroid dienone is 1. The fourth-order valence-corrected chi connectivity index (χ4v) is 2.06. The van der Waals surface area contributed by atoms with Gasteiger partial charge in [-0.1, -0.05) is 24.3 Å². The van der Waals surface area contributed by atoms with Crippen LogP contribution < -0.4 is 4.74 Å². The second kappa shape index (κ2) is 5.46. The van der Waals surface area contributed by atoms with E-state index in [0.29, 0.717) is 0 Å². The van der Waals surface area contributed by atoms with Crippen molar-refractivity contribution in [1.82, 2.24) is 0 Å². The van der Waals surface area contributed by atoms with Crippen LogP contribution in [0.15, 0.2) is 47.9 Å².